The molecule has 2 heteroatoms. The van der Waals surface area contributed by atoms with Gasteiger partial charge >= 0.3 is 0 Å². The Labute approximate surface area is 517 Å². The van der Waals surface area contributed by atoms with Crippen LogP contribution in [0.2, 0.25) is 0 Å². The normalized spacial score (nSPS) is 13.1. The SMILES string of the molecule is Cc1ccc(-n2c3ccccc3c3cc(-c4ccc(/C=C/c5ccc6c(c5)C5(c7ccccc7-c7ccccc75)c5cc(/C=C/c7ccc(-c8ccc9c(c8)c8ccccc8n9-c8ccc(C)cc8)c8ccccc78)ccc5-6)c5ccccc45)ccc32)cc1. The van der Waals surface area contributed by atoms with Gasteiger partial charge in [0.1, 0.15) is 0 Å². The van der Waals surface area contributed by atoms with Gasteiger partial charge in [-0.1, -0.05) is 254 Å². The van der Waals surface area contributed by atoms with Crippen LogP contribution in [0.5, 0.6) is 0 Å². The quantitative estimate of drug-likeness (QED) is 0.134. The molecule has 0 amide bonds. The Balaban J connectivity index is 0.705. The summed E-state index contributed by atoms with van der Waals surface area (Å²) in [5.41, 5.74) is 29.3. The summed E-state index contributed by atoms with van der Waals surface area (Å²) in [6.07, 6.45) is 9.29. The van der Waals surface area contributed by atoms with Crippen molar-refractivity contribution >= 4 is 89.5 Å². The van der Waals surface area contributed by atoms with Crippen LogP contribution in [0.3, 0.4) is 0 Å². The average molecular weight is 1130 g/mol. The summed E-state index contributed by atoms with van der Waals surface area (Å²) >= 11 is 0. The van der Waals surface area contributed by atoms with Crippen molar-refractivity contribution < 1.29 is 0 Å². The van der Waals surface area contributed by atoms with Crippen LogP contribution in [0.1, 0.15) is 55.6 Å². The lowest BCUT2D eigenvalue weighted by molar-refractivity contribution is 0.793. The molecule has 2 heterocycles. The van der Waals surface area contributed by atoms with Gasteiger partial charge < -0.3 is 9.13 Å². The zero-order chi connectivity index (χ0) is 58.9. The van der Waals surface area contributed by atoms with Gasteiger partial charge in [-0.05, 0) is 197 Å². The smallest absolute Gasteiger partial charge is 0.0725 e. The van der Waals surface area contributed by atoms with E-state index in [1.54, 1.807) is 0 Å². The molecule has 2 nitrogen and oxygen atoms in total. The number of nitrogens with zero attached hydrogens (tertiary/aromatic N) is 2. The minimum Gasteiger partial charge on any atom is -0.309 e. The van der Waals surface area contributed by atoms with Crippen molar-refractivity contribution in [1.29, 1.82) is 0 Å². The molecule has 0 N–H and O–H groups in total. The van der Waals surface area contributed by atoms with Crippen molar-refractivity contribution in [2.24, 2.45) is 0 Å². The molecule has 416 valence electrons. The summed E-state index contributed by atoms with van der Waals surface area (Å²) in [6, 6.07) is 109. The molecule has 2 aliphatic rings. The second-order valence-corrected chi connectivity index (χ2v) is 24.5. The molecule has 0 bridgehead atoms. The van der Waals surface area contributed by atoms with Crippen LogP contribution in [0, 0.1) is 13.8 Å². The van der Waals surface area contributed by atoms with Gasteiger partial charge in [-0.25, -0.2) is 0 Å². The van der Waals surface area contributed by atoms with Gasteiger partial charge in [0, 0.05) is 32.9 Å². The van der Waals surface area contributed by atoms with Crippen LogP contribution in [-0.4, -0.2) is 9.13 Å². The minimum atomic E-state index is -0.505. The van der Waals surface area contributed by atoms with E-state index in [0.29, 0.717) is 0 Å². The molecule has 0 aliphatic heterocycles. The highest BCUT2D eigenvalue weighted by atomic mass is 15.0. The average Bonchev–Trinajstić information content (AvgIpc) is 1.52. The van der Waals surface area contributed by atoms with Crippen LogP contribution >= 0.6 is 0 Å². The molecule has 2 aliphatic carbocycles. The first-order valence-electron chi connectivity index (χ1n) is 31.0. The maximum Gasteiger partial charge on any atom is 0.0725 e. The molecule has 18 rings (SSSR count). The third-order valence-corrected chi connectivity index (χ3v) is 19.5. The molecule has 89 heavy (non-hydrogen) atoms. The Bertz CT molecular complexity index is 5330. The van der Waals surface area contributed by atoms with E-state index in [1.165, 1.54) is 177 Å². The number of para-hydroxylation sites is 2. The van der Waals surface area contributed by atoms with Crippen LogP contribution in [0.15, 0.2) is 291 Å². The van der Waals surface area contributed by atoms with Crippen molar-refractivity contribution in [3.05, 3.63) is 347 Å². The molecule has 14 aromatic carbocycles. The molecule has 0 saturated carbocycles. The molecular formula is C87H58N2. The van der Waals surface area contributed by atoms with Crippen LogP contribution in [-0.2, 0) is 5.41 Å². The van der Waals surface area contributed by atoms with Crippen molar-refractivity contribution in [3.8, 4) is 55.9 Å². The van der Waals surface area contributed by atoms with Crippen molar-refractivity contribution in [1.82, 2.24) is 9.13 Å². The van der Waals surface area contributed by atoms with Crippen LogP contribution in [0.4, 0.5) is 0 Å². The summed E-state index contributed by atoms with van der Waals surface area (Å²) in [5, 5.41) is 9.95. The fourth-order valence-electron chi connectivity index (χ4n) is 15.4. The largest absolute Gasteiger partial charge is 0.309 e. The van der Waals surface area contributed by atoms with Crippen LogP contribution < -0.4 is 0 Å². The number of hydrogen-bond acceptors (Lipinski definition) is 0. The van der Waals surface area contributed by atoms with Gasteiger partial charge in [0.05, 0.1) is 27.5 Å². The van der Waals surface area contributed by atoms with E-state index in [-0.39, 0.29) is 0 Å². The van der Waals surface area contributed by atoms with Gasteiger partial charge in [-0.3, -0.25) is 0 Å². The van der Waals surface area contributed by atoms with Gasteiger partial charge in [0.25, 0.3) is 0 Å². The van der Waals surface area contributed by atoms with Gasteiger partial charge in [-0.15, -0.1) is 0 Å². The highest BCUT2D eigenvalue weighted by Gasteiger charge is 2.51. The lowest BCUT2D eigenvalue weighted by Gasteiger charge is -2.30. The number of hydrogen-bond donors (Lipinski definition) is 0. The van der Waals surface area contributed by atoms with E-state index in [4.69, 9.17) is 0 Å². The van der Waals surface area contributed by atoms with E-state index < -0.39 is 5.41 Å². The maximum atomic E-state index is 2.48. The predicted octanol–water partition coefficient (Wildman–Crippen LogP) is 22.8. The Morgan fingerprint density at radius 1 is 0.247 bits per heavy atom. The zero-order valence-electron chi connectivity index (χ0n) is 49.4. The second-order valence-electron chi connectivity index (χ2n) is 24.5. The number of fused-ring (bicyclic) bond motifs is 18. The number of aromatic nitrogens is 2. The lowest BCUT2D eigenvalue weighted by atomic mass is 9.70. The van der Waals surface area contributed by atoms with Crippen molar-refractivity contribution in [2.75, 3.05) is 0 Å². The molecule has 0 unspecified atom stereocenters. The minimum absolute atomic E-state index is 0.505. The van der Waals surface area contributed by atoms with Crippen LogP contribution in [0.25, 0.3) is 145 Å². The first-order chi connectivity index (χ1) is 43.9. The van der Waals surface area contributed by atoms with Crippen molar-refractivity contribution in [3.63, 3.8) is 0 Å². The number of aryl methyl sites for hydroxylation is 2. The Hall–Kier alpha value is -11.3. The summed E-state index contributed by atoms with van der Waals surface area (Å²) in [4.78, 5) is 0. The van der Waals surface area contributed by atoms with Gasteiger partial charge in [-0.2, -0.15) is 0 Å². The third kappa shape index (κ3) is 7.76. The van der Waals surface area contributed by atoms with E-state index >= 15 is 0 Å². The first kappa shape index (κ1) is 51.0. The molecule has 0 fully saturated rings. The summed E-state index contributed by atoms with van der Waals surface area (Å²) in [6.45, 7) is 4.29. The molecule has 0 atom stereocenters. The summed E-state index contributed by atoms with van der Waals surface area (Å²) in [7, 11) is 0. The highest BCUT2D eigenvalue weighted by Crippen LogP contribution is 2.63. The summed E-state index contributed by atoms with van der Waals surface area (Å²) in [5.74, 6) is 0. The topological polar surface area (TPSA) is 9.86 Å². The summed E-state index contributed by atoms with van der Waals surface area (Å²) < 4.78 is 4.80. The van der Waals surface area contributed by atoms with E-state index in [9.17, 15) is 0 Å². The monoisotopic (exact) mass is 1130 g/mol. The Morgan fingerprint density at radius 3 is 1.06 bits per heavy atom. The number of benzene rings is 14. The molecule has 1 spiro atoms. The fraction of sp³-hybridized carbons (Fsp3) is 0.0345. The maximum absolute atomic E-state index is 2.48. The first-order valence-corrected chi connectivity index (χ1v) is 31.0. The van der Waals surface area contributed by atoms with Gasteiger partial charge in [0.15, 0.2) is 0 Å². The van der Waals surface area contributed by atoms with E-state index in [0.717, 1.165) is 0 Å². The highest BCUT2D eigenvalue weighted by molar-refractivity contribution is 6.14. The Morgan fingerprint density at radius 2 is 0.607 bits per heavy atom. The molecule has 16 aromatic rings. The third-order valence-electron chi connectivity index (χ3n) is 19.5. The molecular weight excluding hydrogens is 1070 g/mol. The van der Waals surface area contributed by atoms with Gasteiger partial charge in [0.2, 0.25) is 0 Å². The lowest BCUT2D eigenvalue weighted by Crippen LogP contribution is -2.26. The molecule has 0 saturated heterocycles. The standard InChI is InChI=1S/C87H58N2/c1-55-27-41-63(42-28-55)88-83-25-13-9-21-75(83)77-53-61(39-49-85(77)88)67-47-37-59(65-15-3-5-17-69(65)67)35-31-57-33-45-73-74-46-34-58(52-82(74)87(81(73)51-57)79-23-11-7-19-71(79)72-20-8-12-24-80(72)87)32-36-60-38-48-68(70-18-6-4-16-66(60)70)62-40-50-86-78(54-62)76-22-10-14-26-84(76)89(86)64-43-29-56(2)30-44-64/h3-54H,1-2H3/b35-31+,36-32+. The Kier molecular flexibility index (Phi) is 11.4. The van der Waals surface area contributed by atoms with E-state index in [1.807, 2.05) is 0 Å². The molecule has 0 radical (unpaired) electrons. The molecule has 2 aromatic heterocycles. The predicted molar refractivity (Wildman–Crippen MR) is 378 cm³/mol. The number of rotatable bonds is 8. The second kappa shape index (κ2) is 19.9. The zero-order valence-corrected chi connectivity index (χ0v) is 49.4. The van der Waals surface area contributed by atoms with Crippen molar-refractivity contribution in [2.45, 2.75) is 19.3 Å². The fourth-order valence-corrected chi connectivity index (χ4v) is 15.4. The van der Waals surface area contributed by atoms with E-state index in [2.05, 4.69) is 338 Å².